The molecular formula is C15H15NO. The summed E-state index contributed by atoms with van der Waals surface area (Å²) < 4.78 is 0. The summed E-state index contributed by atoms with van der Waals surface area (Å²) in [6, 6.07) is 14.4. The van der Waals surface area contributed by atoms with Crippen molar-refractivity contribution in [2.75, 3.05) is 0 Å². The highest BCUT2D eigenvalue weighted by Gasteiger charge is 2.08. The Labute approximate surface area is 99.9 Å². The van der Waals surface area contributed by atoms with Gasteiger partial charge in [-0.1, -0.05) is 31.2 Å². The number of aliphatic hydroxyl groups excluding tert-OH is 1. The molecule has 1 heterocycles. The van der Waals surface area contributed by atoms with E-state index in [9.17, 15) is 5.11 Å². The van der Waals surface area contributed by atoms with Crippen molar-refractivity contribution < 1.29 is 5.11 Å². The summed E-state index contributed by atoms with van der Waals surface area (Å²) in [5.41, 5.74) is 3.26. The lowest BCUT2D eigenvalue weighted by Crippen LogP contribution is -1.93. The van der Waals surface area contributed by atoms with E-state index in [2.05, 4.69) is 23.2 Å². The van der Waals surface area contributed by atoms with Crippen molar-refractivity contribution in [3.05, 3.63) is 48.0 Å². The summed E-state index contributed by atoms with van der Waals surface area (Å²) in [5.74, 6) is 0. The number of benzene rings is 2. The van der Waals surface area contributed by atoms with E-state index in [0.29, 0.717) is 0 Å². The Morgan fingerprint density at radius 1 is 1.06 bits per heavy atom. The van der Waals surface area contributed by atoms with Gasteiger partial charge >= 0.3 is 0 Å². The van der Waals surface area contributed by atoms with Gasteiger partial charge in [-0.3, -0.25) is 0 Å². The zero-order chi connectivity index (χ0) is 11.8. The first kappa shape index (κ1) is 10.4. The van der Waals surface area contributed by atoms with Crippen molar-refractivity contribution in [3.63, 3.8) is 0 Å². The zero-order valence-corrected chi connectivity index (χ0v) is 9.77. The molecule has 1 atom stereocenters. The third-order valence-corrected chi connectivity index (χ3v) is 3.30. The summed E-state index contributed by atoms with van der Waals surface area (Å²) in [6.07, 6.45) is 0.376. The fourth-order valence-electron chi connectivity index (χ4n) is 2.31. The van der Waals surface area contributed by atoms with E-state index in [-0.39, 0.29) is 6.10 Å². The van der Waals surface area contributed by atoms with E-state index in [1.807, 2.05) is 31.2 Å². The number of rotatable bonds is 2. The zero-order valence-electron chi connectivity index (χ0n) is 9.77. The van der Waals surface area contributed by atoms with E-state index in [0.717, 1.165) is 23.0 Å². The monoisotopic (exact) mass is 225 g/mol. The molecule has 0 aliphatic heterocycles. The van der Waals surface area contributed by atoms with Gasteiger partial charge in [-0.05, 0) is 30.2 Å². The average Bonchev–Trinajstić information content (AvgIpc) is 2.75. The van der Waals surface area contributed by atoms with Crippen molar-refractivity contribution in [1.29, 1.82) is 0 Å². The van der Waals surface area contributed by atoms with Crippen LogP contribution < -0.4 is 0 Å². The molecule has 3 aromatic rings. The van der Waals surface area contributed by atoms with Crippen LogP contribution in [0.5, 0.6) is 0 Å². The van der Waals surface area contributed by atoms with Gasteiger partial charge in [-0.15, -0.1) is 0 Å². The molecule has 1 aromatic heterocycles. The Hall–Kier alpha value is -1.80. The van der Waals surface area contributed by atoms with Crippen molar-refractivity contribution in [1.82, 2.24) is 4.98 Å². The molecule has 0 saturated heterocycles. The molecule has 3 rings (SSSR count). The second kappa shape index (κ2) is 3.90. The number of aliphatic hydroxyl groups is 1. The van der Waals surface area contributed by atoms with Gasteiger partial charge in [0.2, 0.25) is 0 Å². The lowest BCUT2D eigenvalue weighted by atomic mass is 10.0. The highest BCUT2D eigenvalue weighted by atomic mass is 16.3. The third kappa shape index (κ3) is 1.61. The first-order chi connectivity index (χ1) is 8.29. The van der Waals surface area contributed by atoms with Gasteiger partial charge in [0, 0.05) is 21.8 Å². The maximum atomic E-state index is 9.89. The van der Waals surface area contributed by atoms with Crippen molar-refractivity contribution >= 4 is 21.8 Å². The molecule has 2 N–H and O–H groups in total. The Morgan fingerprint density at radius 2 is 1.82 bits per heavy atom. The molecule has 0 fully saturated rings. The first-order valence-corrected chi connectivity index (χ1v) is 5.98. The van der Waals surface area contributed by atoms with Crippen molar-refractivity contribution in [2.24, 2.45) is 0 Å². The second-order valence-corrected chi connectivity index (χ2v) is 4.40. The van der Waals surface area contributed by atoms with Crippen LogP contribution in [-0.4, -0.2) is 10.1 Å². The number of nitrogens with one attached hydrogen (secondary N) is 1. The highest BCUT2D eigenvalue weighted by molar-refractivity contribution is 6.07. The second-order valence-electron chi connectivity index (χ2n) is 4.40. The molecule has 17 heavy (non-hydrogen) atoms. The molecule has 86 valence electrons. The van der Waals surface area contributed by atoms with Crippen LogP contribution in [0.1, 0.15) is 25.0 Å². The molecule has 0 aliphatic rings. The summed E-state index contributed by atoms with van der Waals surface area (Å²) in [7, 11) is 0. The summed E-state index contributed by atoms with van der Waals surface area (Å²) in [4.78, 5) is 3.38. The molecule has 0 radical (unpaired) electrons. The SMILES string of the molecule is CCC(O)c1ccc2[nH]c3ccccc3c2c1. The average molecular weight is 225 g/mol. The molecule has 0 aliphatic carbocycles. The number of H-pyrrole nitrogens is 1. The quantitative estimate of drug-likeness (QED) is 0.684. The summed E-state index contributed by atoms with van der Waals surface area (Å²) >= 11 is 0. The van der Waals surface area contributed by atoms with Crippen LogP contribution in [0.4, 0.5) is 0 Å². The Kier molecular flexibility index (Phi) is 2.37. The molecule has 0 bridgehead atoms. The largest absolute Gasteiger partial charge is 0.388 e. The van der Waals surface area contributed by atoms with Gasteiger partial charge in [0.05, 0.1) is 6.10 Å². The number of aromatic amines is 1. The van der Waals surface area contributed by atoms with E-state index in [1.54, 1.807) is 0 Å². The fraction of sp³-hybridized carbons (Fsp3) is 0.200. The van der Waals surface area contributed by atoms with Gasteiger partial charge in [0.15, 0.2) is 0 Å². The number of para-hydroxylation sites is 1. The third-order valence-electron chi connectivity index (χ3n) is 3.30. The molecule has 1 unspecified atom stereocenters. The van der Waals surface area contributed by atoms with Gasteiger partial charge in [0.25, 0.3) is 0 Å². The van der Waals surface area contributed by atoms with Crippen LogP contribution in [0.15, 0.2) is 42.5 Å². The minimum atomic E-state index is -0.368. The summed E-state index contributed by atoms with van der Waals surface area (Å²) in [6.45, 7) is 1.99. The lowest BCUT2D eigenvalue weighted by Gasteiger charge is -2.07. The van der Waals surface area contributed by atoms with Crippen molar-refractivity contribution in [3.8, 4) is 0 Å². The van der Waals surface area contributed by atoms with E-state index >= 15 is 0 Å². The smallest absolute Gasteiger partial charge is 0.0787 e. The predicted molar refractivity (Wildman–Crippen MR) is 71.1 cm³/mol. The van der Waals surface area contributed by atoms with Crippen LogP contribution in [0, 0.1) is 0 Å². The maximum absolute atomic E-state index is 9.89. The van der Waals surface area contributed by atoms with Gasteiger partial charge in [-0.2, -0.15) is 0 Å². The maximum Gasteiger partial charge on any atom is 0.0787 e. The van der Waals surface area contributed by atoms with Gasteiger partial charge in [-0.25, -0.2) is 0 Å². The summed E-state index contributed by atoms with van der Waals surface area (Å²) in [5, 5.41) is 12.3. The van der Waals surface area contributed by atoms with E-state index in [4.69, 9.17) is 0 Å². The Balaban J connectivity index is 2.30. The molecule has 0 spiro atoms. The number of hydrogen-bond donors (Lipinski definition) is 2. The molecule has 0 amide bonds. The van der Waals surface area contributed by atoms with Crippen molar-refractivity contribution in [2.45, 2.75) is 19.4 Å². The van der Waals surface area contributed by atoms with Crippen LogP contribution in [0.2, 0.25) is 0 Å². The normalized spacial score (nSPS) is 13.3. The lowest BCUT2D eigenvalue weighted by molar-refractivity contribution is 0.174. The number of hydrogen-bond acceptors (Lipinski definition) is 1. The Bertz CT molecular complexity index is 669. The topological polar surface area (TPSA) is 36.0 Å². The molecule has 2 heteroatoms. The number of fused-ring (bicyclic) bond motifs is 3. The van der Waals surface area contributed by atoms with Gasteiger partial charge in [0.1, 0.15) is 0 Å². The van der Waals surface area contributed by atoms with Crippen LogP contribution in [-0.2, 0) is 0 Å². The molecular weight excluding hydrogens is 210 g/mol. The minimum absolute atomic E-state index is 0.368. The van der Waals surface area contributed by atoms with Crippen LogP contribution in [0.3, 0.4) is 0 Å². The minimum Gasteiger partial charge on any atom is -0.388 e. The van der Waals surface area contributed by atoms with E-state index < -0.39 is 0 Å². The highest BCUT2D eigenvalue weighted by Crippen LogP contribution is 2.28. The number of aromatic nitrogens is 1. The fourth-order valence-corrected chi connectivity index (χ4v) is 2.31. The predicted octanol–water partition coefficient (Wildman–Crippen LogP) is 3.76. The molecule has 2 aromatic carbocycles. The van der Waals surface area contributed by atoms with E-state index in [1.165, 1.54) is 10.8 Å². The van der Waals surface area contributed by atoms with Crippen LogP contribution >= 0.6 is 0 Å². The first-order valence-electron chi connectivity index (χ1n) is 5.98. The molecule has 0 saturated carbocycles. The molecule has 2 nitrogen and oxygen atoms in total. The van der Waals surface area contributed by atoms with Gasteiger partial charge < -0.3 is 10.1 Å². The standard InChI is InChI=1S/C15H15NO/c1-2-15(17)10-7-8-14-12(9-10)11-5-3-4-6-13(11)16-14/h3-9,15-17H,2H2,1H3. The van der Waals surface area contributed by atoms with Crippen LogP contribution in [0.25, 0.3) is 21.8 Å². The Morgan fingerprint density at radius 3 is 2.65 bits per heavy atom.